The van der Waals surface area contributed by atoms with Crippen LogP contribution in [0.1, 0.15) is 25.8 Å². The minimum atomic E-state index is -0.0193. The van der Waals surface area contributed by atoms with Crippen LogP contribution in [0.4, 0.5) is 5.82 Å². The van der Waals surface area contributed by atoms with Gasteiger partial charge in [0, 0.05) is 31.4 Å². The Morgan fingerprint density at radius 1 is 1.43 bits per heavy atom. The topological polar surface area (TPSA) is 54.5 Å². The first-order valence-electron chi connectivity index (χ1n) is 7.43. The number of pyridine rings is 1. The second-order valence-electron chi connectivity index (χ2n) is 5.10. The molecule has 1 fully saturated rings. The third-order valence-electron chi connectivity index (χ3n) is 3.47. The van der Waals surface area contributed by atoms with Crippen LogP contribution in [-0.2, 0) is 16.1 Å². The minimum absolute atomic E-state index is 0.0193. The van der Waals surface area contributed by atoms with Crippen molar-refractivity contribution in [3.63, 3.8) is 0 Å². The molecule has 0 aromatic carbocycles. The molecule has 0 radical (unpaired) electrons. The minimum Gasteiger partial charge on any atom is -0.378 e. The Labute approximate surface area is 126 Å². The maximum atomic E-state index is 11.8. The maximum Gasteiger partial charge on any atom is 0.246 e. The largest absolute Gasteiger partial charge is 0.378 e. The van der Waals surface area contributed by atoms with E-state index in [9.17, 15) is 4.79 Å². The molecule has 21 heavy (non-hydrogen) atoms. The molecule has 5 heteroatoms. The number of nitrogens with zero attached hydrogens (tertiary/aromatic N) is 2. The van der Waals surface area contributed by atoms with Gasteiger partial charge in [-0.05, 0) is 25.0 Å². The molecule has 0 saturated carbocycles. The summed E-state index contributed by atoms with van der Waals surface area (Å²) < 4.78 is 5.33. The van der Waals surface area contributed by atoms with Crippen LogP contribution in [0, 0.1) is 0 Å². The Bertz CT molecular complexity index is 491. The number of nitrogens with one attached hydrogen (secondary N) is 1. The lowest BCUT2D eigenvalue weighted by molar-refractivity contribution is -0.117. The lowest BCUT2D eigenvalue weighted by atomic mass is 10.2. The third-order valence-corrected chi connectivity index (χ3v) is 3.47. The van der Waals surface area contributed by atoms with E-state index in [4.69, 9.17) is 4.74 Å². The van der Waals surface area contributed by atoms with Crippen molar-refractivity contribution in [1.29, 1.82) is 0 Å². The zero-order chi connectivity index (χ0) is 15.1. The first-order valence-corrected chi connectivity index (χ1v) is 7.43. The highest BCUT2D eigenvalue weighted by Crippen LogP contribution is 2.13. The Kier molecular flexibility index (Phi) is 5.75. The van der Waals surface area contributed by atoms with Gasteiger partial charge in [0.15, 0.2) is 0 Å². The van der Waals surface area contributed by atoms with Crippen molar-refractivity contribution in [3.05, 3.63) is 35.5 Å². The zero-order valence-corrected chi connectivity index (χ0v) is 12.8. The zero-order valence-electron chi connectivity index (χ0n) is 12.8. The van der Waals surface area contributed by atoms with Crippen molar-refractivity contribution in [2.24, 2.45) is 0 Å². The summed E-state index contributed by atoms with van der Waals surface area (Å²) >= 11 is 0. The molecule has 0 bridgehead atoms. The van der Waals surface area contributed by atoms with E-state index in [2.05, 4.69) is 15.2 Å². The van der Waals surface area contributed by atoms with Crippen LogP contribution in [0.15, 0.2) is 30.0 Å². The van der Waals surface area contributed by atoms with Gasteiger partial charge in [-0.1, -0.05) is 19.1 Å². The molecule has 1 aliphatic rings. The molecule has 2 rings (SSSR count). The normalized spacial score (nSPS) is 15.9. The van der Waals surface area contributed by atoms with Crippen molar-refractivity contribution in [3.8, 4) is 0 Å². The second-order valence-corrected chi connectivity index (χ2v) is 5.10. The molecule has 114 valence electrons. The average molecular weight is 289 g/mol. The molecule has 1 saturated heterocycles. The van der Waals surface area contributed by atoms with Gasteiger partial charge in [0.05, 0.1) is 13.2 Å². The van der Waals surface area contributed by atoms with E-state index in [0.717, 1.165) is 49.7 Å². The van der Waals surface area contributed by atoms with Crippen LogP contribution in [0.25, 0.3) is 0 Å². The van der Waals surface area contributed by atoms with Crippen LogP contribution in [0.5, 0.6) is 0 Å². The van der Waals surface area contributed by atoms with Crippen LogP contribution < -0.4 is 10.2 Å². The van der Waals surface area contributed by atoms with Gasteiger partial charge in [-0.25, -0.2) is 4.98 Å². The van der Waals surface area contributed by atoms with E-state index < -0.39 is 0 Å². The quantitative estimate of drug-likeness (QED) is 0.841. The van der Waals surface area contributed by atoms with Gasteiger partial charge in [-0.15, -0.1) is 0 Å². The summed E-state index contributed by atoms with van der Waals surface area (Å²) in [5.74, 6) is 0.949. The number of rotatable bonds is 5. The van der Waals surface area contributed by atoms with Gasteiger partial charge in [0.2, 0.25) is 5.91 Å². The molecule has 1 N–H and O–H groups in total. The summed E-state index contributed by atoms with van der Waals surface area (Å²) in [5, 5.41) is 2.90. The van der Waals surface area contributed by atoms with Crippen LogP contribution in [0.3, 0.4) is 0 Å². The van der Waals surface area contributed by atoms with Gasteiger partial charge < -0.3 is 15.0 Å². The summed E-state index contributed by atoms with van der Waals surface area (Å²) in [6.07, 6.45) is 4.62. The number of amides is 1. The SMILES string of the molecule is CC/C=C(\C)C(=O)NCc1ccc(N2CCOCC2)nc1. The smallest absolute Gasteiger partial charge is 0.246 e. The molecule has 1 amide bonds. The molecule has 5 nitrogen and oxygen atoms in total. The Morgan fingerprint density at radius 2 is 2.19 bits per heavy atom. The Hall–Kier alpha value is -1.88. The fourth-order valence-electron chi connectivity index (χ4n) is 2.22. The average Bonchev–Trinajstić information content (AvgIpc) is 2.54. The fraction of sp³-hybridized carbons (Fsp3) is 0.500. The standard InChI is InChI=1S/C16H23N3O2/c1-3-4-13(2)16(20)18-12-14-5-6-15(17-11-14)19-7-9-21-10-8-19/h4-6,11H,3,7-10,12H2,1-2H3,(H,18,20)/b13-4+. The van der Waals surface area contributed by atoms with Crippen molar-refractivity contribution in [2.75, 3.05) is 31.2 Å². The second kappa shape index (κ2) is 7.78. The number of carbonyl (C=O) groups excluding carboxylic acids is 1. The van der Waals surface area contributed by atoms with Gasteiger partial charge in [0.25, 0.3) is 0 Å². The maximum absolute atomic E-state index is 11.8. The van der Waals surface area contributed by atoms with Gasteiger partial charge in [0.1, 0.15) is 5.82 Å². The fourth-order valence-corrected chi connectivity index (χ4v) is 2.22. The molecular weight excluding hydrogens is 266 g/mol. The number of carbonyl (C=O) groups is 1. The van der Waals surface area contributed by atoms with Gasteiger partial charge >= 0.3 is 0 Å². The number of allylic oxidation sites excluding steroid dienone is 1. The van der Waals surface area contributed by atoms with Crippen LogP contribution in [-0.4, -0.2) is 37.2 Å². The first kappa shape index (κ1) is 15.5. The monoisotopic (exact) mass is 289 g/mol. The third kappa shape index (κ3) is 4.56. The molecular formula is C16H23N3O2. The number of hydrogen-bond acceptors (Lipinski definition) is 4. The van der Waals surface area contributed by atoms with Crippen molar-refractivity contribution in [1.82, 2.24) is 10.3 Å². The van der Waals surface area contributed by atoms with E-state index in [1.807, 2.05) is 38.3 Å². The van der Waals surface area contributed by atoms with Crippen molar-refractivity contribution < 1.29 is 9.53 Å². The van der Waals surface area contributed by atoms with Gasteiger partial charge in [-0.2, -0.15) is 0 Å². The molecule has 1 aromatic rings. The molecule has 0 spiro atoms. The molecule has 0 aliphatic carbocycles. The number of morpholine rings is 1. The molecule has 1 aliphatic heterocycles. The summed E-state index contributed by atoms with van der Waals surface area (Å²) in [5.41, 5.74) is 1.76. The lowest BCUT2D eigenvalue weighted by Crippen LogP contribution is -2.36. The predicted octanol–water partition coefficient (Wildman–Crippen LogP) is 1.89. The number of anilines is 1. The summed E-state index contributed by atoms with van der Waals surface area (Å²) in [6.45, 7) is 7.62. The highest BCUT2D eigenvalue weighted by molar-refractivity contribution is 5.92. The van der Waals surface area contributed by atoms with E-state index in [0.29, 0.717) is 6.54 Å². The summed E-state index contributed by atoms with van der Waals surface area (Å²) in [6, 6.07) is 4.01. The first-order chi connectivity index (χ1) is 10.2. The van der Waals surface area contributed by atoms with Crippen LogP contribution in [0.2, 0.25) is 0 Å². The van der Waals surface area contributed by atoms with E-state index in [1.54, 1.807) is 0 Å². The molecule has 0 unspecified atom stereocenters. The van der Waals surface area contributed by atoms with E-state index in [1.165, 1.54) is 0 Å². The number of aromatic nitrogens is 1. The predicted molar refractivity (Wildman–Crippen MR) is 83.2 cm³/mol. The highest BCUT2D eigenvalue weighted by atomic mass is 16.5. The van der Waals surface area contributed by atoms with E-state index in [-0.39, 0.29) is 5.91 Å². The van der Waals surface area contributed by atoms with E-state index >= 15 is 0 Å². The molecule has 1 aromatic heterocycles. The van der Waals surface area contributed by atoms with Crippen LogP contribution >= 0.6 is 0 Å². The van der Waals surface area contributed by atoms with Crippen molar-refractivity contribution >= 4 is 11.7 Å². The molecule has 2 heterocycles. The van der Waals surface area contributed by atoms with Gasteiger partial charge in [-0.3, -0.25) is 4.79 Å². The Balaban J connectivity index is 1.87. The van der Waals surface area contributed by atoms with Crippen molar-refractivity contribution in [2.45, 2.75) is 26.8 Å². The number of ether oxygens (including phenoxy) is 1. The molecule has 0 atom stereocenters. The summed E-state index contributed by atoms with van der Waals surface area (Å²) in [4.78, 5) is 18.5. The lowest BCUT2D eigenvalue weighted by Gasteiger charge is -2.27. The summed E-state index contributed by atoms with van der Waals surface area (Å²) in [7, 11) is 0. The Morgan fingerprint density at radius 3 is 2.81 bits per heavy atom. The highest BCUT2D eigenvalue weighted by Gasteiger charge is 2.12. The number of hydrogen-bond donors (Lipinski definition) is 1.